The molecule has 0 aliphatic carbocycles. The zero-order valence-electron chi connectivity index (χ0n) is 20.5. The summed E-state index contributed by atoms with van der Waals surface area (Å²) in [5, 5.41) is 0. The number of amides is 2. The van der Waals surface area contributed by atoms with E-state index in [9.17, 15) is 9.59 Å². The van der Waals surface area contributed by atoms with Gasteiger partial charge < -0.3 is 19.1 Å². The van der Waals surface area contributed by atoms with Crippen molar-refractivity contribution in [2.45, 2.75) is 66.6 Å². The molecule has 0 bridgehead atoms. The van der Waals surface area contributed by atoms with Crippen LogP contribution in [0.4, 0.5) is 0 Å². The number of carbonyl (C=O) groups excluding carboxylic acids is 2. The molecule has 32 heavy (non-hydrogen) atoms. The summed E-state index contributed by atoms with van der Waals surface area (Å²) in [4.78, 5) is 29.0. The van der Waals surface area contributed by atoms with E-state index in [2.05, 4.69) is 44.4 Å². The van der Waals surface area contributed by atoms with Gasteiger partial charge in [-0.2, -0.15) is 0 Å². The van der Waals surface area contributed by atoms with Crippen LogP contribution >= 0.6 is 0 Å². The largest absolute Gasteiger partial charge is 0.497 e. The lowest BCUT2D eigenvalue weighted by atomic mass is 10.1. The van der Waals surface area contributed by atoms with Gasteiger partial charge in [0.05, 0.1) is 20.2 Å². The quantitative estimate of drug-likeness (QED) is 0.485. The number of carbonyl (C=O) groups is 2. The number of methoxy groups -OCH3 is 1. The Kier molecular flexibility index (Phi) is 9.82. The molecule has 2 rings (SSSR count). The number of aromatic nitrogens is 1. The molecular formula is C26H39N3O3. The number of rotatable bonds is 12. The molecule has 176 valence electrons. The molecule has 2 amide bonds. The van der Waals surface area contributed by atoms with Crippen molar-refractivity contribution < 1.29 is 14.3 Å². The lowest BCUT2D eigenvalue weighted by molar-refractivity contribution is -0.141. The van der Waals surface area contributed by atoms with E-state index in [1.54, 1.807) is 18.9 Å². The number of ether oxygens (including phenoxy) is 1. The maximum absolute atomic E-state index is 13.3. The molecule has 1 aromatic heterocycles. The Hall–Kier alpha value is -2.76. The van der Waals surface area contributed by atoms with Gasteiger partial charge in [0.25, 0.3) is 0 Å². The molecule has 1 unspecified atom stereocenters. The van der Waals surface area contributed by atoms with E-state index in [0.717, 1.165) is 29.8 Å². The van der Waals surface area contributed by atoms with Gasteiger partial charge >= 0.3 is 0 Å². The maximum Gasteiger partial charge on any atom is 0.242 e. The highest BCUT2D eigenvalue weighted by Crippen LogP contribution is 2.17. The van der Waals surface area contributed by atoms with Crippen molar-refractivity contribution >= 4 is 11.8 Å². The van der Waals surface area contributed by atoms with E-state index in [0.29, 0.717) is 25.6 Å². The molecule has 0 saturated heterocycles. The Morgan fingerprint density at radius 2 is 1.88 bits per heavy atom. The average Bonchev–Trinajstić information content (AvgIpc) is 3.20. The monoisotopic (exact) mass is 441 g/mol. The molecule has 1 aromatic carbocycles. The fourth-order valence-corrected chi connectivity index (χ4v) is 3.62. The zero-order chi connectivity index (χ0) is 23.7. The predicted octanol–water partition coefficient (Wildman–Crippen LogP) is 4.57. The van der Waals surface area contributed by atoms with Crippen LogP contribution in [-0.4, -0.2) is 52.4 Å². The first-order valence-electron chi connectivity index (χ1n) is 11.6. The van der Waals surface area contributed by atoms with Crippen LogP contribution in [0.3, 0.4) is 0 Å². The molecule has 6 heteroatoms. The highest BCUT2D eigenvalue weighted by molar-refractivity contribution is 5.84. The lowest BCUT2D eigenvalue weighted by Crippen LogP contribution is -2.46. The van der Waals surface area contributed by atoms with Crippen molar-refractivity contribution in [1.82, 2.24) is 14.4 Å². The number of benzene rings is 1. The van der Waals surface area contributed by atoms with Crippen LogP contribution in [0.5, 0.6) is 5.75 Å². The molecule has 0 aliphatic rings. The standard InChI is InChI=1S/C26H39N3O3/c1-7-21(4)29(26(31)19-27(22(5)30)15-13-20(2)3)18-24-11-9-14-28(24)17-23-10-8-12-25(16-23)32-6/h8-12,14,16,20-21H,7,13,15,17-19H2,1-6H3. The number of nitrogens with zero attached hydrogens (tertiary/aromatic N) is 3. The minimum absolute atomic E-state index is 0.00700. The van der Waals surface area contributed by atoms with E-state index >= 15 is 0 Å². The minimum Gasteiger partial charge on any atom is -0.497 e. The van der Waals surface area contributed by atoms with Gasteiger partial charge in [0, 0.05) is 37.9 Å². The average molecular weight is 442 g/mol. The van der Waals surface area contributed by atoms with Crippen molar-refractivity contribution in [2.75, 3.05) is 20.2 Å². The fourth-order valence-electron chi connectivity index (χ4n) is 3.62. The van der Waals surface area contributed by atoms with Crippen LogP contribution in [0.2, 0.25) is 0 Å². The molecular weight excluding hydrogens is 402 g/mol. The van der Waals surface area contributed by atoms with Crippen molar-refractivity contribution in [1.29, 1.82) is 0 Å². The molecule has 0 aliphatic heterocycles. The summed E-state index contributed by atoms with van der Waals surface area (Å²) in [6, 6.07) is 12.2. The normalized spacial score (nSPS) is 12.0. The third-order valence-electron chi connectivity index (χ3n) is 5.93. The summed E-state index contributed by atoms with van der Waals surface area (Å²) < 4.78 is 7.51. The number of hydrogen-bond acceptors (Lipinski definition) is 3. The topological polar surface area (TPSA) is 54.8 Å². The minimum atomic E-state index is -0.0514. The molecule has 0 fully saturated rings. The van der Waals surface area contributed by atoms with Crippen LogP contribution in [-0.2, 0) is 22.7 Å². The Morgan fingerprint density at radius 3 is 2.50 bits per heavy atom. The van der Waals surface area contributed by atoms with E-state index in [1.807, 2.05) is 35.4 Å². The summed E-state index contributed by atoms with van der Waals surface area (Å²) in [7, 11) is 1.67. The second-order valence-corrected chi connectivity index (χ2v) is 8.88. The Morgan fingerprint density at radius 1 is 1.12 bits per heavy atom. The van der Waals surface area contributed by atoms with Gasteiger partial charge in [-0.15, -0.1) is 0 Å². The Bertz CT molecular complexity index is 875. The van der Waals surface area contributed by atoms with Gasteiger partial charge in [0.1, 0.15) is 5.75 Å². The van der Waals surface area contributed by atoms with Crippen LogP contribution in [0.25, 0.3) is 0 Å². The molecule has 6 nitrogen and oxygen atoms in total. The summed E-state index contributed by atoms with van der Waals surface area (Å²) in [6.45, 7) is 11.9. The molecule has 1 atom stereocenters. The van der Waals surface area contributed by atoms with E-state index in [1.165, 1.54) is 0 Å². The van der Waals surface area contributed by atoms with Crippen molar-refractivity contribution in [3.63, 3.8) is 0 Å². The van der Waals surface area contributed by atoms with E-state index in [-0.39, 0.29) is 24.4 Å². The van der Waals surface area contributed by atoms with Gasteiger partial charge in [-0.1, -0.05) is 32.9 Å². The molecule has 2 aromatic rings. The fraction of sp³-hybridized carbons (Fsp3) is 0.538. The summed E-state index contributed by atoms with van der Waals surface area (Å²) in [5.74, 6) is 1.26. The molecule has 0 N–H and O–H groups in total. The lowest BCUT2D eigenvalue weighted by Gasteiger charge is -2.32. The predicted molar refractivity (Wildman–Crippen MR) is 129 cm³/mol. The second kappa shape index (κ2) is 12.3. The first-order valence-corrected chi connectivity index (χ1v) is 11.6. The van der Waals surface area contributed by atoms with Crippen molar-refractivity contribution in [2.24, 2.45) is 5.92 Å². The zero-order valence-corrected chi connectivity index (χ0v) is 20.5. The van der Waals surface area contributed by atoms with Gasteiger partial charge in [-0.3, -0.25) is 9.59 Å². The summed E-state index contributed by atoms with van der Waals surface area (Å²) in [5.41, 5.74) is 2.21. The molecule has 1 heterocycles. The first-order chi connectivity index (χ1) is 15.2. The summed E-state index contributed by atoms with van der Waals surface area (Å²) in [6.07, 6.45) is 3.78. The highest BCUT2D eigenvalue weighted by atomic mass is 16.5. The molecule has 0 saturated carbocycles. The van der Waals surface area contributed by atoms with E-state index in [4.69, 9.17) is 4.74 Å². The third kappa shape index (κ3) is 7.43. The second-order valence-electron chi connectivity index (χ2n) is 8.88. The maximum atomic E-state index is 13.3. The van der Waals surface area contributed by atoms with Gasteiger partial charge in [0.15, 0.2) is 0 Å². The van der Waals surface area contributed by atoms with Gasteiger partial charge in [-0.05, 0) is 55.5 Å². The Balaban J connectivity index is 2.16. The van der Waals surface area contributed by atoms with Crippen LogP contribution in [0.1, 0.15) is 58.7 Å². The first kappa shape index (κ1) is 25.5. The SMILES string of the molecule is CCC(C)N(Cc1cccn1Cc1cccc(OC)c1)C(=O)CN(CCC(C)C)C(C)=O. The highest BCUT2D eigenvalue weighted by Gasteiger charge is 2.24. The van der Waals surface area contributed by atoms with Crippen LogP contribution in [0, 0.1) is 5.92 Å². The Labute approximate surface area is 193 Å². The van der Waals surface area contributed by atoms with Crippen LogP contribution < -0.4 is 4.74 Å². The smallest absolute Gasteiger partial charge is 0.242 e. The third-order valence-corrected chi connectivity index (χ3v) is 5.93. The van der Waals surface area contributed by atoms with Crippen LogP contribution in [0.15, 0.2) is 42.6 Å². The van der Waals surface area contributed by atoms with Gasteiger partial charge in [0.2, 0.25) is 11.8 Å². The van der Waals surface area contributed by atoms with Crippen molar-refractivity contribution in [3.8, 4) is 5.75 Å². The number of hydrogen-bond donors (Lipinski definition) is 0. The molecule has 0 radical (unpaired) electrons. The molecule has 0 spiro atoms. The summed E-state index contributed by atoms with van der Waals surface area (Å²) >= 11 is 0. The van der Waals surface area contributed by atoms with Crippen molar-refractivity contribution in [3.05, 3.63) is 53.9 Å². The van der Waals surface area contributed by atoms with Gasteiger partial charge in [-0.25, -0.2) is 0 Å². The van der Waals surface area contributed by atoms with E-state index < -0.39 is 0 Å².